The molecule has 79 valence electrons. The molecule has 0 atom stereocenters. The summed E-state index contributed by atoms with van der Waals surface area (Å²) >= 11 is 2.56. The summed E-state index contributed by atoms with van der Waals surface area (Å²) in [5.74, 6) is 0. The normalized spacial score (nSPS) is 12.0. The summed E-state index contributed by atoms with van der Waals surface area (Å²) < 4.78 is 0.330. The van der Waals surface area contributed by atoms with E-state index in [1.807, 2.05) is 43.3 Å². The van der Waals surface area contributed by atoms with E-state index in [1.54, 1.807) is 6.21 Å². The molecule has 0 amide bonds. The van der Waals surface area contributed by atoms with Crippen LogP contribution >= 0.6 is 0 Å². The Kier molecular flexibility index (Phi) is 4.34. The number of nitrogens with zero attached hydrogens (tertiary/aromatic N) is 3. The van der Waals surface area contributed by atoms with E-state index in [2.05, 4.69) is 26.2 Å². The van der Waals surface area contributed by atoms with Crippen LogP contribution in [0.25, 0.3) is 0 Å². The van der Waals surface area contributed by atoms with E-state index < -0.39 is 0 Å². The van der Waals surface area contributed by atoms with Gasteiger partial charge in [-0.2, -0.15) is 0 Å². The fourth-order valence-corrected chi connectivity index (χ4v) is 1.11. The first-order valence-electron chi connectivity index (χ1n) is 4.40. The van der Waals surface area contributed by atoms with Crippen LogP contribution in [0.5, 0.6) is 0 Å². The minimum absolute atomic E-state index is 0.330. The third kappa shape index (κ3) is 4.14. The van der Waals surface area contributed by atoms with Crippen LogP contribution in [0, 0.1) is 0 Å². The van der Waals surface area contributed by atoms with Crippen molar-refractivity contribution in [2.75, 3.05) is 19.0 Å². The number of rotatable bonds is 3. The molecule has 0 saturated carbocycles. The van der Waals surface area contributed by atoms with Gasteiger partial charge in [0.2, 0.25) is 0 Å². The van der Waals surface area contributed by atoms with E-state index in [9.17, 15) is 0 Å². The van der Waals surface area contributed by atoms with Crippen molar-refractivity contribution in [3.8, 4) is 0 Å². The Morgan fingerprint density at radius 2 is 1.93 bits per heavy atom. The minimum atomic E-state index is 0.330. The summed E-state index contributed by atoms with van der Waals surface area (Å²) in [5, 5.41) is 7.48. The molecule has 0 fully saturated rings. The predicted molar refractivity (Wildman–Crippen MR) is 65.7 cm³/mol. The van der Waals surface area contributed by atoms with Crippen molar-refractivity contribution in [1.82, 2.24) is 0 Å². The van der Waals surface area contributed by atoms with Gasteiger partial charge in [-0.3, -0.25) is 0 Å². The molecule has 0 heterocycles. The Morgan fingerprint density at radius 1 is 1.33 bits per heavy atom. The molecule has 0 bridgehead atoms. The van der Waals surface area contributed by atoms with E-state index >= 15 is 0 Å². The Balaban J connectivity index is 2.73. The van der Waals surface area contributed by atoms with Crippen LogP contribution in [-0.2, 0) is 0 Å². The van der Waals surface area contributed by atoms with Crippen LogP contribution in [0.15, 0.2) is 34.5 Å². The van der Waals surface area contributed by atoms with E-state index in [4.69, 9.17) is 5.73 Å². The zero-order chi connectivity index (χ0) is 11.3. The van der Waals surface area contributed by atoms with Gasteiger partial charge in [-0.05, 0) is 0 Å². The summed E-state index contributed by atoms with van der Waals surface area (Å²) in [6, 6.07) is 7.99. The van der Waals surface area contributed by atoms with Crippen molar-refractivity contribution in [3.63, 3.8) is 0 Å². The van der Waals surface area contributed by atoms with Gasteiger partial charge >= 0.3 is 97.4 Å². The summed E-state index contributed by atoms with van der Waals surface area (Å²) in [6.45, 7) is 0. The molecule has 15 heavy (non-hydrogen) atoms. The Morgan fingerprint density at radius 3 is 2.40 bits per heavy atom. The van der Waals surface area contributed by atoms with E-state index in [-0.39, 0.29) is 0 Å². The third-order valence-corrected chi connectivity index (χ3v) is 1.94. The number of hydrogen-bond donors (Lipinski definition) is 1. The summed E-state index contributed by atoms with van der Waals surface area (Å²) in [6.07, 6.45) is 1.66. The average Bonchev–Trinajstić information content (AvgIpc) is 2.18. The molecule has 1 radical (unpaired) electrons. The molecule has 5 heteroatoms. The molecule has 0 aliphatic rings. The van der Waals surface area contributed by atoms with Crippen LogP contribution in [0.4, 0.5) is 5.69 Å². The van der Waals surface area contributed by atoms with E-state index in [1.165, 1.54) is 0 Å². The topological polar surface area (TPSA) is 54.0 Å². The van der Waals surface area contributed by atoms with Crippen LogP contribution in [0.1, 0.15) is 5.56 Å². The maximum atomic E-state index is 5.29. The van der Waals surface area contributed by atoms with Crippen LogP contribution in [-0.4, -0.2) is 41.1 Å². The van der Waals surface area contributed by atoms with Crippen molar-refractivity contribution in [1.29, 1.82) is 0 Å². The molecule has 0 saturated heterocycles. The van der Waals surface area contributed by atoms with Gasteiger partial charge in [0.05, 0.1) is 0 Å². The predicted octanol–water partition coefficient (Wildman–Crippen LogP) is 0.570. The Hall–Kier alpha value is -1.32. The quantitative estimate of drug-likeness (QED) is 0.377. The van der Waals surface area contributed by atoms with Gasteiger partial charge in [0.15, 0.2) is 0 Å². The number of amidine groups is 1. The SMILES string of the molecule is CN(C)c1ccc(/C=N\N=C(/N)[Se])cc1. The first-order valence-corrected chi connectivity index (χ1v) is 5.26. The van der Waals surface area contributed by atoms with E-state index in [0.717, 1.165) is 11.3 Å². The van der Waals surface area contributed by atoms with Crippen LogP contribution in [0.2, 0.25) is 0 Å². The Bertz CT molecular complexity index is 364. The van der Waals surface area contributed by atoms with Crippen LogP contribution in [0.3, 0.4) is 0 Å². The monoisotopic (exact) mass is 269 g/mol. The van der Waals surface area contributed by atoms with Gasteiger partial charge in [-0.1, -0.05) is 0 Å². The van der Waals surface area contributed by atoms with Gasteiger partial charge in [-0.15, -0.1) is 0 Å². The second-order valence-electron chi connectivity index (χ2n) is 3.17. The van der Waals surface area contributed by atoms with Crippen molar-refractivity contribution in [3.05, 3.63) is 29.8 Å². The van der Waals surface area contributed by atoms with Crippen molar-refractivity contribution in [2.45, 2.75) is 0 Å². The molecule has 1 aromatic rings. The maximum absolute atomic E-state index is 5.29. The molecule has 0 aliphatic carbocycles. The molecular weight excluding hydrogens is 255 g/mol. The molecule has 0 aromatic heterocycles. The average molecular weight is 268 g/mol. The fourth-order valence-electron chi connectivity index (χ4n) is 1.01. The summed E-state index contributed by atoms with van der Waals surface area (Å²) in [5.41, 5.74) is 7.44. The number of benzene rings is 1. The first-order chi connectivity index (χ1) is 7.09. The zero-order valence-corrected chi connectivity index (χ0v) is 10.4. The molecule has 2 N–H and O–H groups in total. The number of anilines is 1. The second kappa shape index (κ2) is 5.53. The molecule has 0 spiro atoms. The van der Waals surface area contributed by atoms with E-state index in [0.29, 0.717) is 4.73 Å². The zero-order valence-electron chi connectivity index (χ0n) is 8.71. The molecule has 4 nitrogen and oxygen atoms in total. The molecule has 0 unspecified atom stereocenters. The van der Waals surface area contributed by atoms with Crippen molar-refractivity contribution < 1.29 is 0 Å². The number of nitrogens with two attached hydrogens (primary N) is 1. The van der Waals surface area contributed by atoms with Crippen molar-refractivity contribution in [2.24, 2.45) is 15.9 Å². The van der Waals surface area contributed by atoms with Gasteiger partial charge in [0.1, 0.15) is 0 Å². The first kappa shape index (κ1) is 11.8. The summed E-state index contributed by atoms with van der Waals surface area (Å²) in [4.78, 5) is 2.04. The molecular formula is C10H13N4Se. The van der Waals surface area contributed by atoms with Gasteiger partial charge < -0.3 is 0 Å². The fraction of sp³-hybridized carbons (Fsp3) is 0.200. The van der Waals surface area contributed by atoms with Crippen molar-refractivity contribution >= 4 is 32.6 Å². The molecule has 1 aromatic carbocycles. The standard InChI is InChI=1S/C10H13N4Se/c1-14(2)9-5-3-8(4-6-9)7-12-13-10(11)15/h3-7H,1-2H3,(H2,11,13)/b12-7-. The molecule has 1 rings (SSSR count). The Labute approximate surface area is 97.7 Å². The number of hydrogen-bond acceptors (Lipinski definition) is 3. The molecule has 0 aliphatic heterocycles. The third-order valence-electron chi connectivity index (χ3n) is 1.77. The van der Waals surface area contributed by atoms with Gasteiger partial charge in [0.25, 0.3) is 0 Å². The summed E-state index contributed by atoms with van der Waals surface area (Å²) in [7, 11) is 4.00. The van der Waals surface area contributed by atoms with Crippen LogP contribution < -0.4 is 10.6 Å². The van der Waals surface area contributed by atoms with Gasteiger partial charge in [-0.25, -0.2) is 0 Å². The van der Waals surface area contributed by atoms with Gasteiger partial charge in [0, 0.05) is 0 Å². The second-order valence-corrected chi connectivity index (χ2v) is 4.05.